The Bertz CT molecular complexity index is 891. The minimum atomic E-state index is 0.719. The van der Waals surface area contributed by atoms with Gasteiger partial charge >= 0.3 is 0 Å². The van der Waals surface area contributed by atoms with Crippen molar-refractivity contribution in [1.29, 1.82) is 0 Å². The molecule has 3 aromatic rings. The molecular formula is C23H23N3. The molecule has 0 fully saturated rings. The molecule has 0 aliphatic carbocycles. The molecule has 130 valence electrons. The summed E-state index contributed by atoms with van der Waals surface area (Å²) in [6.45, 7) is 4.18. The van der Waals surface area contributed by atoms with Crippen molar-refractivity contribution in [2.75, 3.05) is 0 Å². The number of aliphatic imine (C=N–C) groups is 2. The van der Waals surface area contributed by atoms with Crippen LogP contribution in [0, 0.1) is 13.8 Å². The van der Waals surface area contributed by atoms with Crippen molar-refractivity contribution in [2.24, 2.45) is 9.98 Å². The Balaban J connectivity index is 1.62. The molecule has 1 heterocycles. The standard InChI is InChI=1S/C23H23N3/c1-18-8-6-9-19(2)23(18)25-17-15-22-13-7-12-21(26-22)14-16-24-20-10-4-3-5-11-20/h3-13,16-17H,14-15H2,1-2H3. The van der Waals surface area contributed by atoms with E-state index in [0.717, 1.165) is 35.6 Å². The fourth-order valence-electron chi connectivity index (χ4n) is 2.76. The number of hydrogen-bond donors (Lipinski definition) is 0. The molecule has 0 aliphatic rings. The van der Waals surface area contributed by atoms with Gasteiger partial charge in [0.2, 0.25) is 0 Å². The summed E-state index contributed by atoms with van der Waals surface area (Å²) in [6, 6.07) is 22.3. The molecule has 0 bridgehead atoms. The van der Waals surface area contributed by atoms with Gasteiger partial charge in [-0.2, -0.15) is 0 Å². The number of para-hydroxylation sites is 2. The lowest BCUT2D eigenvalue weighted by Crippen LogP contribution is -1.97. The summed E-state index contributed by atoms with van der Waals surface area (Å²) in [4.78, 5) is 13.8. The summed E-state index contributed by atoms with van der Waals surface area (Å²) in [6.07, 6.45) is 5.29. The lowest BCUT2D eigenvalue weighted by Gasteiger charge is -2.04. The van der Waals surface area contributed by atoms with Crippen LogP contribution in [0.2, 0.25) is 0 Å². The van der Waals surface area contributed by atoms with E-state index in [0.29, 0.717) is 0 Å². The van der Waals surface area contributed by atoms with E-state index in [4.69, 9.17) is 4.98 Å². The molecule has 0 amide bonds. The van der Waals surface area contributed by atoms with Crippen LogP contribution >= 0.6 is 0 Å². The number of benzene rings is 2. The first-order valence-electron chi connectivity index (χ1n) is 8.83. The quantitative estimate of drug-likeness (QED) is 0.539. The SMILES string of the molecule is Cc1cccc(C)c1N=CCc1cccc(CC=Nc2ccccc2)n1. The van der Waals surface area contributed by atoms with E-state index in [-0.39, 0.29) is 0 Å². The summed E-state index contributed by atoms with van der Waals surface area (Å²) in [5, 5.41) is 0. The van der Waals surface area contributed by atoms with Gasteiger partial charge in [0.25, 0.3) is 0 Å². The highest BCUT2D eigenvalue weighted by molar-refractivity contribution is 5.69. The second kappa shape index (κ2) is 8.86. The Morgan fingerprint density at radius 2 is 1.27 bits per heavy atom. The van der Waals surface area contributed by atoms with E-state index >= 15 is 0 Å². The van der Waals surface area contributed by atoms with Gasteiger partial charge in [0.15, 0.2) is 0 Å². The zero-order valence-corrected chi connectivity index (χ0v) is 15.3. The second-order valence-corrected chi connectivity index (χ2v) is 6.23. The van der Waals surface area contributed by atoms with E-state index in [9.17, 15) is 0 Å². The van der Waals surface area contributed by atoms with Crippen molar-refractivity contribution >= 4 is 23.8 Å². The Hall–Kier alpha value is -3.07. The molecular weight excluding hydrogens is 318 g/mol. The molecule has 3 rings (SSSR count). The molecule has 0 aliphatic heterocycles. The van der Waals surface area contributed by atoms with Crippen molar-refractivity contribution < 1.29 is 0 Å². The van der Waals surface area contributed by atoms with E-state index < -0.39 is 0 Å². The highest BCUT2D eigenvalue weighted by Crippen LogP contribution is 2.22. The van der Waals surface area contributed by atoms with E-state index in [2.05, 4.69) is 42.0 Å². The lowest BCUT2D eigenvalue weighted by molar-refractivity contribution is 1.06. The molecule has 1 aromatic heterocycles. The maximum Gasteiger partial charge on any atom is 0.0684 e. The van der Waals surface area contributed by atoms with Crippen LogP contribution in [0.4, 0.5) is 11.4 Å². The summed E-state index contributed by atoms with van der Waals surface area (Å²) in [5.41, 5.74) is 6.44. The molecule has 0 radical (unpaired) electrons. The maximum atomic E-state index is 4.70. The van der Waals surface area contributed by atoms with Gasteiger partial charge in [-0.1, -0.05) is 42.5 Å². The molecule has 0 unspecified atom stereocenters. The van der Waals surface area contributed by atoms with Gasteiger partial charge in [0, 0.05) is 36.7 Å². The van der Waals surface area contributed by atoms with Gasteiger partial charge in [0.1, 0.15) is 0 Å². The van der Waals surface area contributed by atoms with Crippen molar-refractivity contribution in [1.82, 2.24) is 4.98 Å². The zero-order valence-electron chi connectivity index (χ0n) is 15.3. The molecule has 0 atom stereocenters. The Morgan fingerprint density at radius 1 is 0.692 bits per heavy atom. The third-order valence-electron chi connectivity index (χ3n) is 4.12. The lowest BCUT2D eigenvalue weighted by atomic mass is 10.1. The second-order valence-electron chi connectivity index (χ2n) is 6.23. The van der Waals surface area contributed by atoms with Crippen LogP contribution in [0.5, 0.6) is 0 Å². The van der Waals surface area contributed by atoms with Crippen molar-refractivity contribution in [3.05, 3.63) is 89.2 Å². The first-order chi connectivity index (χ1) is 12.7. The van der Waals surface area contributed by atoms with Crippen LogP contribution in [0.1, 0.15) is 22.5 Å². The predicted octanol–water partition coefficient (Wildman–Crippen LogP) is 5.59. The molecule has 0 N–H and O–H groups in total. The van der Waals surface area contributed by atoms with E-state index in [1.165, 1.54) is 11.1 Å². The third-order valence-corrected chi connectivity index (χ3v) is 4.12. The van der Waals surface area contributed by atoms with E-state index in [1.54, 1.807) is 0 Å². The average molecular weight is 341 g/mol. The molecule has 2 aromatic carbocycles. The predicted molar refractivity (Wildman–Crippen MR) is 110 cm³/mol. The molecule has 26 heavy (non-hydrogen) atoms. The number of hydrogen-bond acceptors (Lipinski definition) is 3. The summed E-state index contributed by atoms with van der Waals surface area (Å²) in [7, 11) is 0. The Kier molecular flexibility index (Phi) is 6.05. The third kappa shape index (κ3) is 4.96. The van der Waals surface area contributed by atoms with Crippen LogP contribution in [0.15, 0.2) is 76.7 Å². The number of rotatable bonds is 6. The van der Waals surface area contributed by atoms with Gasteiger partial charge in [-0.15, -0.1) is 0 Å². The smallest absolute Gasteiger partial charge is 0.0684 e. The number of pyridine rings is 1. The van der Waals surface area contributed by atoms with Crippen molar-refractivity contribution in [3.63, 3.8) is 0 Å². The van der Waals surface area contributed by atoms with Crippen LogP contribution < -0.4 is 0 Å². The van der Waals surface area contributed by atoms with Gasteiger partial charge in [-0.25, -0.2) is 0 Å². The highest BCUT2D eigenvalue weighted by atomic mass is 14.8. The first-order valence-corrected chi connectivity index (χ1v) is 8.83. The summed E-state index contributed by atoms with van der Waals surface area (Å²) >= 11 is 0. The van der Waals surface area contributed by atoms with Crippen molar-refractivity contribution in [2.45, 2.75) is 26.7 Å². The van der Waals surface area contributed by atoms with Gasteiger partial charge in [-0.05, 0) is 49.2 Å². The minimum absolute atomic E-state index is 0.719. The molecule has 3 heteroatoms. The molecule has 0 saturated carbocycles. The number of aromatic nitrogens is 1. The largest absolute Gasteiger partial charge is 0.261 e. The minimum Gasteiger partial charge on any atom is -0.261 e. The topological polar surface area (TPSA) is 37.6 Å². The van der Waals surface area contributed by atoms with Crippen LogP contribution in [0.3, 0.4) is 0 Å². The summed E-state index contributed by atoms with van der Waals surface area (Å²) in [5.74, 6) is 0. The van der Waals surface area contributed by atoms with Crippen LogP contribution in [-0.2, 0) is 12.8 Å². The molecule has 3 nitrogen and oxygen atoms in total. The monoisotopic (exact) mass is 341 g/mol. The van der Waals surface area contributed by atoms with Gasteiger partial charge in [-0.3, -0.25) is 15.0 Å². The molecule has 0 spiro atoms. The highest BCUT2D eigenvalue weighted by Gasteiger charge is 2.00. The summed E-state index contributed by atoms with van der Waals surface area (Å²) < 4.78 is 0. The van der Waals surface area contributed by atoms with Gasteiger partial charge in [0.05, 0.1) is 11.4 Å². The van der Waals surface area contributed by atoms with E-state index in [1.807, 2.05) is 61.0 Å². The Morgan fingerprint density at radius 3 is 1.92 bits per heavy atom. The van der Waals surface area contributed by atoms with Crippen molar-refractivity contribution in [3.8, 4) is 0 Å². The average Bonchev–Trinajstić information content (AvgIpc) is 2.65. The number of nitrogens with zero attached hydrogens (tertiary/aromatic N) is 3. The fourth-order valence-corrected chi connectivity index (χ4v) is 2.76. The molecule has 0 saturated heterocycles. The first kappa shape index (κ1) is 17.7. The van der Waals surface area contributed by atoms with Crippen LogP contribution in [-0.4, -0.2) is 17.4 Å². The van der Waals surface area contributed by atoms with Gasteiger partial charge < -0.3 is 0 Å². The van der Waals surface area contributed by atoms with Crippen LogP contribution in [0.25, 0.3) is 0 Å². The normalized spacial score (nSPS) is 11.5. The Labute approximate surface area is 155 Å². The number of aryl methyl sites for hydroxylation is 2. The fraction of sp³-hybridized carbons (Fsp3) is 0.174. The maximum absolute atomic E-state index is 4.70. The zero-order chi connectivity index (χ0) is 18.2.